The normalized spacial score (nSPS) is 10.3. The Balaban J connectivity index is 2.39. The standard InChI is InChI=1S/C15H12Cl2O2/c1-2-10-8-12(6-7-13(10)16)19-15-11(9-18)4-3-5-14(15)17/h3-9H,2H2,1H3. The molecule has 0 fully saturated rings. The minimum atomic E-state index is 0.364. The molecule has 2 rings (SSSR count). The highest BCUT2D eigenvalue weighted by Gasteiger charge is 2.10. The minimum Gasteiger partial charge on any atom is -0.455 e. The number of halogens is 2. The summed E-state index contributed by atoms with van der Waals surface area (Å²) < 4.78 is 5.71. The maximum atomic E-state index is 11.0. The van der Waals surface area contributed by atoms with E-state index in [9.17, 15) is 4.79 Å². The molecule has 0 aliphatic heterocycles. The Hall–Kier alpha value is -1.51. The van der Waals surface area contributed by atoms with Crippen LogP contribution in [0.2, 0.25) is 10.0 Å². The van der Waals surface area contributed by atoms with Gasteiger partial charge < -0.3 is 4.74 Å². The lowest BCUT2D eigenvalue weighted by Gasteiger charge is -2.11. The van der Waals surface area contributed by atoms with Crippen molar-refractivity contribution in [1.82, 2.24) is 0 Å². The van der Waals surface area contributed by atoms with Crippen molar-refractivity contribution in [2.24, 2.45) is 0 Å². The minimum absolute atomic E-state index is 0.364. The maximum Gasteiger partial charge on any atom is 0.156 e. The van der Waals surface area contributed by atoms with Gasteiger partial charge in [0.1, 0.15) is 5.75 Å². The van der Waals surface area contributed by atoms with Gasteiger partial charge in [-0.05, 0) is 42.3 Å². The number of hydrogen-bond donors (Lipinski definition) is 0. The van der Waals surface area contributed by atoms with Gasteiger partial charge in [0.15, 0.2) is 12.0 Å². The quantitative estimate of drug-likeness (QED) is 0.728. The first-order chi connectivity index (χ1) is 9.15. The van der Waals surface area contributed by atoms with Crippen molar-refractivity contribution >= 4 is 29.5 Å². The SMILES string of the molecule is CCc1cc(Oc2c(Cl)cccc2C=O)ccc1Cl. The molecule has 0 amide bonds. The third-order valence-corrected chi connectivity index (χ3v) is 3.41. The number of benzene rings is 2. The van der Waals surface area contributed by atoms with Gasteiger partial charge in [0.25, 0.3) is 0 Å². The van der Waals surface area contributed by atoms with Crippen LogP contribution in [-0.2, 0) is 6.42 Å². The van der Waals surface area contributed by atoms with Gasteiger partial charge in [-0.3, -0.25) is 4.79 Å². The summed E-state index contributed by atoms with van der Waals surface area (Å²) in [6.45, 7) is 2.01. The van der Waals surface area contributed by atoms with Crippen molar-refractivity contribution in [3.8, 4) is 11.5 Å². The number of ether oxygens (including phenoxy) is 1. The Morgan fingerprint density at radius 1 is 1.16 bits per heavy atom. The van der Waals surface area contributed by atoms with Crippen molar-refractivity contribution < 1.29 is 9.53 Å². The summed E-state index contributed by atoms with van der Waals surface area (Å²) in [5.74, 6) is 0.973. The smallest absolute Gasteiger partial charge is 0.156 e. The average molecular weight is 295 g/mol. The zero-order chi connectivity index (χ0) is 13.8. The van der Waals surface area contributed by atoms with Crippen LogP contribution in [0.5, 0.6) is 11.5 Å². The zero-order valence-electron chi connectivity index (χ0n) is 10.3. The predicted octanol–water partition coefficient (Wildman–Crippen LogP) is 5.16. The summed E-state index contributed by atoms with van der Waals surface area (Å²) in [5, 5.41) is 1.10. The van der Waals surface area contributed by atoms with E-state index in [1.54, 1.807) is 30.3 Å². The molecule has 0 saturated carbocycles. The second-order valence-electron chi connectivity index (χ2n) is 3.98. The van der Waals surface area contributed by atoms with E-state index in [4.69, 9.17) is 27.9 Å². The third-order valence-electron chi connectivity index (χ3n) is 2.74. The number of carbonyl (C=O) groups is 1. The Kier molecular flexibility index (Phi) is 4.46. The van der Waals surface area contributed by atoms with Gasteiger partial charge in [0.2, 0.25) is 0 Å². The fourth-order valence-corrected chi connectivity index (χ4v) is 2.20. The van der Waals surface area contributed by atoms with E-state index in [-0.39, 0.29) is 0 Å². The van der Waals surface area contributed by atoms with Gasteiger partial charge in [-0.1, -0.05) is 36.2 Å². The van der Waals surface area contributed by atoms with E-state index in [1.165, 1.54) is 0 Å². The van der Waals surface area contributed by atoms with Gasteiger partial charge in [-0.15, -0.1) is 0 Å². The van der Waals surface area contributed by atoms with Crippen LogP contribution in [-0.4, -0.2) is 6.29 Å². The second-order valence-corrected chi connectivity index (χ2v) is 4.80. The van der Waals surface area contributed by atoms with Crippen LogP contribution in [0.4, 0.5) is 0 Å². The van der Waals surface area contributed by atoms with Gasteiger partial charge in [0.05, 0.1) is 10.6 Å². The monoisotopic (exact) mass is 294 g/mol. The molecule has 0 atom stereocenters. The molecule has 0 spiro atoms. The number of rotatable bonds is 4. The first-order valence-electron chi connectivity index (χ1n) is 5.85. The molecule has 4 heteroatoms. The van der Waals surface area contributed by atoms with E-state index >= 15 is 0 Å². The lowest BCUT2D eigenvalue weighted by molar-refractivity contribution is 0.112. The van der Waals surface area contributed by atoms with Gasteiger partial charge >= 0.3 is 0 Å². The topological polar surface area (TPSA) is 26.3 Å². The summed E-state index contributed by atoms with van der Waals surface area (Å²) in [4.78, 5) is 11.0. The summed E-state index contributed by atoms with van der Waals surface area (Å²) >= 11 is 12.1. The Bertz CT molecular complexity index is 609. The van der Waals surface area contributed by atoms with Gasteiger partial charge in [0, 0.05) is 5.02 Å². The molecule has 0 aliphatic carbocycles. The van der Waals surface area contributed by atoms with E-state index in [2.05, 4.69) is 0 Å². The van der Waals surface area contributed by atoms with Crippen molar-refractivity contribution in [2.75, 3.05) is 0 Å². The molecular weight excluding hydrogens is 283 g/mol. The largest absolute Gasteiger partial charge is 0.455 e. The molecule has 98 valence electrons. The summed E-state index contributed by atoms with van der Waals surface area (Å²) in [5.41, 5.74) is 1.40. The van der Waals surface area contributed by atoms with Gasteiger partial charge in [-0.2, -0.15) is 0 Å². The van der Waals surface area contributed by atoms with Crippen molar-refractivity contribution in [1.29, 1.82) is 0 Å². The van der Waals surface area contributed by atoms with Crippen LogP contribution in [0, 0.1) is 0 Å². The maximum absolute atomic E-state index is 11.0. The summed E-state index contributed by atoms with van der Waals surface area (Å²) in [6, 6.07) is 10.4. The van der Waals surface area contributed by atoms with Crippen LogP contribution >= 0.6 is 23.2 Å². The third kappa shape index (κ3) is 3.09. The fraction of sp³-hybridized carbons (Fsp3) is 0.133. The first kappa shape index (κ1) is 13.9. The second kappa shape index (κ2) is 6.09. The van der Waals surface area contributed by atoms with Gasteiger partial charge in [-0.25, -0.2) is 0 Å². The number of carbonyl (C=O) groups excluding carboxylic acids is 1. The van der Waals surface area contributed by atoms with E-state index in [1.807, 2.05) is 13.0 Å². The van der Waals surface area contributed by atoms with E-state index in [0.29, 0.717) is 27.1 Å². The molecule has 2 aromatic rings. The molecule has 0 saturated heterocycles. The highest BCUT2D eigenvalue weighted by molar-refractivity contribution is 6.32. The molecular formula is C15H12Cl2O2. The van der Waals surface area contributed by atoms with E-state index in [0.717, 1.165) is 18.3 Å². The zero-order valence-corrected chi connectivity index (χ0v) is 11.8. The van der Waals surface area contributed by atoms with E-state index < -0.39 is 0 Å². The highest BCUT2D eigenvalue weighted by Crippen LogP contribution is 2.33. The fourth-order valence-electron chi connectivity index (χ4n) is 1.73. The first-order valence-corrected chi connectivity index (χ1v) is 6.61. The van der Waals surface area contributed by atoms with Crippen LogP contribution in [0.1, 0.15) is 22.8 Å². The number of para-hydroxylation sites is 1. The molecule has 0 bridgehead atoms. The molecule has 0 heterocycles. The number of hydrogen-bond acceptors (Lipinski definition) is 2. The molecule has 0 aliphatic rings. The molecule has 2 aromatic carbocycles. The van der Waals surface area contributed by atoms with Crippen molar-refractivity contribution in [3.63, 3.8) is 0 Å². The summed E-state index contributed by atoms with van der Waals surface area (Å²) in [6.07, 6.45) is 1.52. The van der Waals surface area contributed by atoms with Crippen LogP contribution in [0.3, 0.4) is 0 Å². The Morgan fingerprint density at radius 2 is 1.95 bits per heavy atom. The number of aldehydes is 1. The Morgan fingerprint density at radius 3 is 2.63 bits per heavy atom. The molecule has 0 radical (unpaired) electrons. The van der Waals surface area contributed by atoms with Crippen molar-refractivity contribution in [2.45, 2.75) is 13.3 Å². The highest BCUT2D eigenvalue weighted by atomic mass is 35.5. The summed E-state index contributed by atoms with van der Waals surface area (Å²) in [7, 11) is 0. The molecule has 2 nitrogen and oxygen atoms in total. The lowest BCUT2D eigenvalue weighted by atomic mass is 10.1. The lowest BCUT2D eigenvalue weighted by Crippen LogP contribution is -1.92. The average Bonchev–Trinajstić information content (AvgIpc) is 2.43. The molecule has 0 unspecified atom stereocenters. The van der Waals surface area contributed by atoms with Crippen molar-refractivity contribution in [3.05, 3.63) is 57.6 Å². The van der Waals surface area contributed by atoms with Crippen LogP contribution in [0.15, 0.2) is 36.4 Å². The molecule has 19 heavy (non-hydrogen) atoms. The van der Waals surface area contributed by atoms with Crippen LogP contribution in [0.25, 0.3) is 0 Å². The predicted molar refractivity (Wildman–Crippen MR) is 77.7 cm³/mol. The Labute approximate surface area is 121 Å². The van der Waals surface area contributed by atoms with Crippen LogP contribution < -0.4 is 4.74 Å². The molecule has 0 N–H and O–H groups in total. The number of aryl methyl sites for hydroxylation is 1. The molecule has 0 aromatic heterocycles.